The van der Waals surface area contributed by atoms with Gasteiger partial charge in [0.05, 0.1) is 7.05 Å². The summed E-state index contributed by atoms with van der Waals surface area (Å²) in [4.78, 5) is 13.1. The van der Waals surface area contributed by atoms with E-state index < -0.39 is 6.09 Å². The molecule has 0 atom stereocenters. The van der Waals surface area contributed by atoms with E-state index in [1.165, 1.54) is 0 Å². The number of hydrogen-bond acceptors (Lipinski definition) is 3. The van der Waals surface area contributed by atoms with E-state index in [2.05, 4.69) is 10.6 Å². The van der Waals surface area contributed by atoms with Crippen LogP contribution in [0.2, 0.25) is 0 Å². The lowest BCUT2D eigenvalue weighted by Gasteiger charge is -1.98. The van der Waals surface area contributed by atoms with E-state index in [9.17, 15) is 9.28 Å². The van der Waals surface area contributed by atoms with Crippen molar-refractivity contribution in [2.24, 2.45) is 5.73 Å². The summed E-state index contributed by atoms with van der Waals surface area (Å²) >= 11 is 0. The Morgan fingerprint density at radius 2 is 2.43 bits per heavy atom. The summed E-state index contributed by atoms with van der Waals surface area (Å²) < 4.78 is 11.3. The van der Waals surface area contributed by atoms with Gasteiger partial charge in [-0.05, 0) is 0 Å². The smallest absolute Gasteiger partial charge is 0.333 e. The molecule has 7 heavy (non-hydrogen) atoms. The summed E-state index contributed by atoms with van der Waals surface area (Å²) in [5.74, 6) is 0. The minimum atomic E-state index is -1.16. The average Bonchev–Trinajstić information content (AvgIpc) is 1.27. The zero-order valence-electron chi connectivity index (χ0n) is 3.72. The third kappa shape index (κ3) is 5.16. The maximum Gasteiger partial charge on any atom is 0.425 e. The van der Waals surface area contributed by atoms with E-state index >= 15 is 0 Å². The highest BCUT2D eigenvalue weighted by Gasteiger charge is 1.95. The van der Waals surface area contributed by atoms with Crippen LogP contribution in [0.4, 0.5) is 9.28 Å². The van der Waals surface area contributed by atoms with Crippen LogP contribution >= 0.6 is 0 Å². The Balaban J connectivity index is 3.13. The summed E-state index contributed by atoms with van der Waals surface area (Å²) in [6.07, 6.45) is -1.16. The van der Waals surface area contributed by atoms with Crippen LogP contribution in [-0.2, 0) is 4.84 Å². The number of carbonyl (C=O) groups is 1. The second kappa shape index (κ2) is 2.35. The van der Waals surface area contributed by atoms with Crippen molar-refractivity contribution >= 4 is 6.09 Å². The third-order valence-corrected chi connectivity index (χ3v) is 0.216. The number of carbonyl (C=O) groups excluding carboxylic acids is 1. The summed E-state index contributed by atoms with van der Waals surface area (Å²) in [6, 6.07) is 0. The number of primary amides is 1. The largest absolute Gasteiger partial charge is 0.425 e. The molecule has 0 rings (SSSR count). The highest BCUT2D eigenvalue weighted by Crippen LogP contribution is 1.80. The van der Waals surface area contributed by atoms with E-state index in [1.54, 1.807) is 0 Å². The van der Waals surface area contributed by atoms with Gasteiger partial charge < -0.3 is 10.6 Å². The van der Waals surface area contributed by atoms with Gasteiger partial charge in [0.25, 0.3) is 0 Å². The Morgan fingerprint density at radius 3 is 2.43 bits per heavy atom. The number of rotatable bonds is 1. The van der Waals surface area contributed by atoms with Gasteiger partial charge in [-0.2, -0.15) is 0 Å². The Kier molecular flexibility index (Phi) is 2.07. The Morgan fingerprint density at radius 1 is 2.00 bits per heavy atom. The fraction of sp³-hybridized carbons (Fsp3) is 0.500. The van der Waals surface area contributed by atoms with Crippen molar-refractivity contribution in [3.05, 3.63) is 0 Å². The molecule has 0 aliphatic heterocycles. The first kappa shape index (κ1) is 6.16. The minimum Gasteiger partial charge on any atom is -0.333 e. The molecule has 0 aromatic heterocycles. The van der Waals surface area contributed by atoms with Crippen LogP contribution in [0.25, 0.3) is 0 Å². The molecule has 0 bridgehead atoms. The first-order valence-electron chi connectivity index (χ1n) is 1.50. The maximum absolute atomic E-state index is 11.3. The molecule has 0 aromatic rings. The number of hydroxylamine groups is 1. The first-order chi connectivity index (χ1) is 3.13. The average molecular weight is 108 g/mol. The van der Waals surface area contributed by atoms with Gasteiger partial charge in [-0.1, -0.05) is 4.48 Å². The molecule has 5 heteroatoms. The van der Waals surface area contributed by atoms with Crippen LogP contribution in [-0.4, -0.2) is 18.4 Å². The van der Waals surface area contributed by atoms with Crippen LogP contribution in [0.15, 0.2) is 0 Å². The Bertz CT molecular complexity index is 74.1. The maximum atomic E-state index is 11.3. The molecule has 0 unspecified atom stereocenters. The van der Waals surface area contributed by atoms with Crippen LogP contribution in [0.5, 0.6) is 0 Å². The predicted molar refractivity (Wildman–Crippen MR) is 19.5 cm³/mol. The van der Waals surface area contributed by atoms with Crippen LogP contribution in [0, 0.1) is 0 Å². The zero-order valence-corrected chi connectivity index (χ0v) is 3.72. The first-order valence-corrected chi connectivity index (χ1v) is 1.50. The second-order valence-corrected chi connectivity index (χ2v) is 0.831. The minimum absolute atomic E-state index is 0.275. The molecule has 4 nitrogen and oxygen atoms in total. The van der Waals surface area contributed by atoms with Gasteiger partial charge in [0.1, 0.15) is 0 Å². The van der Waals surface area contributed by atoms with Crippen molar-refractivity contribution in [2.75, 3.05) is 7.05 Å². The number of nitrogens with two attached hydrogens (primary N) is 1. The topological polar surface area (TPSA) is 55.6 Å². The van der Waals surface area contributed by atoms with Gasteiger partial charge in [-0.25, -0.2) is 4.79 Å². The van der Waals surface area contributed by atoms with Gasteiger partial charge in [0.2, 0.25) is 0 Å². The van der Waals surface area contributed by atoms with E-state index in [0.29, 0.717) is 0 Å². The van der Waals surface area contributed by atoms with E-state index in [-0.39, 0.29) is 5.29 Å². The summed E-state index contributed by atoms with van der Waals surface area (Å²) in [5.41, 5.74) is 4.35. The molecule has 0 saturated heterocycles. The predicted octanol–water partition coefficient (Wildman–Crippen LogP) is -0.187. The van der Waals surface area contributed by atoms with Crippen molar-refractivity contribution in [1.82, 2.24) is 5.29 Å². The molecule has 0 heterocycles. The molecule has 0 aliphatic rings. The van der Waals surface area contributed by atoms with Crippen molar-refractivity contribution in [3.8, 4) is 0 Å². The molecular formula is C2H5FN2O2. The molecule has 1 amide bonds. The molecular weight excluding hydrogens is 103 g/mol. The van der Waals surface area contributed by atoms with Crippen molar-refractivity contribution in [3.63, 3.8) is 0 Å². The van der Waals surface area contributed by atoms with Crippen LogP contribution in [0.3, 0.4) is 0 Å². The number of hydrogen-bond donors (Lipinski definition) is 1. The fourth-order valence-electron chi connectivity index (χ4n) is 0.124. The van der Waals surface area contributed by atoms with E-state index in [1.807, 2.05) is 0 Å². The lowest BCUT2D eigenvalue weighted by Crippen LogP contribution is -2.20. The molecule has 0 radical (unpaired) electrons. The Hall–Kier alpha value is -0.840. The monoisotopic (exact) mass is 108 g/mol. The third-order valence-electron chi connectivity index (χ3n) is 0.216. The number of halogens is 1. The van der Waals surface area contributed by atoms with Gasteiger partial charge in [0.15, 0.2) is 0 Å². The van der Waals surface area contributed by atoms with Crippen molar-refractivity contribution in [2.45, 2.75) is 0 Å². The molecule has 0 fully saturated rings. The molecule has 0 aromatic carbocycles. The van der Waals surface area contributed by atoms with Crippen LogP contribution < -0.4 is 5.73 Å². The highest BCUT2D eigenvalue weighted by atomic mass is 19.2. The normalized spacial score (nSPS) is 9.00. The molecule has 2 N–H and O–H groups in total. The van der Waals surface area contributed by atoms with Crippen LogP contribution in [0.1, 0.15) is 0 Å². The quantitative estimate of drug-likeness (QED) is 0.374. The fourth-order valence-corrected chi connectivity index (χ4v) is 0.124. The Labute approximate surface area is 39.5 Å². The van der Waals surface area contributed by atoms with E-state index in [4.69, 9.17) is 0 Å². The molecule has 42 valence electrons. The van der Waals surface area contributed by atoms with Crippen molar-refractivity contribution in [1.29, 1.82) is 0 Å². The molecule has 0 spiro atoms. The molecule has 0 aliphatic carbocycles. The van der Waals surface area contributed by atoms with Crippen molar-refractivity contribution < 1.29 is 14.1 Å². The van der Waals surface area contributed by atoms with Gasteiger partial charge in [-0.15, -0.1) is 0 Å². The molecule has 0 saturated carbocycles. The van der Waals surface area contributed by atoms with Gasteiger partial charge in [0, 0.05) is 5.29 Å². The SMILES string of the molecule is CN(F)OC(N)=O. The lowest BCUT2D eigenvalue weighted by atomic mass is 11.3. The number of nitrogens with zero attached hydrogens (tertiary/aromatic N) is 1. The lowest BCUT2D eigenvalue weighted by molar-refractivity contribution is -0.211. The summed E-state index contributed by atoms with van der Waals surface area (Å²) in [5, 5.41) is -0.275. The second-order valence-electron chi connectivity index (χ2n) is 0.831. The van der Waals surface area contributed by atoms with E-state index in [0.717, 1.165) is 7.05 Å². The zero-order chi connectivity index (χ0) is 5.86. The highest BCUT2D eigenvalue weighted by molar-refractivity contribution is 5.64. The standard InChI is InChI=1S/C2H5FN2O2/c1-5(3)7-2(4)6/h1H3,(H2,4,6). The number of amides is 1. The summed E-state index contributed by atoms with van der Waals surface area (Å²) in [6.45, 7) is 0. The van der Waals surface area contributed by atoms with Gasteiger partial charge >= 0.3 is 6.09 Å². The summed E-state index contributed by atoms with van der Waals surface area (Å²) in [7, 11) is 0.908. The van der Waals surface area contributed by atoms with Gasteiger partial charge in [-0.3, -0.25) is 0 Å².